The lowest BCUT2D eigenvalue weighted by atomic mass is 10.2. The van der Waals surface area contributed by atoms with Crippen molar-refractivity contribution in [3.8, 4) is 16.9 Å². The Labute approximate surface area is 184 Å². The second-order valence-corrected chi connectivity index (χ2v) is 9.29. The Morgan fingerprint density at radius 3 is 2.48 bits per heavy atom. The van der Waals surface area contributed by atoms with Gasteiger partial charge in [-0.05, 0) is 42.5 Å². The molecule has 0 saturated heterocycles. The number of rotatable bonds is 7. The van der Waals surface area contributed by atoms with Crippen molar-refractivity contribution in [3.63, 3.8) is 0 Å². The van der Waals surface area contributed by atoms with Gasteiger partial charge in [0.2, 0.25) is 5.91 Å². The molecule has 0 aliphatic rings. The predicted molar refractivity (Wildman–Crippen MR) is 118 cm³/mol. The number of benzene rings is 2. The van der Waals surface area contributed by atoms with Crippen molar-refractivity contribution in [2.45, 2.75) is 11.3 Å². The molecule has 4 aromatic rings. The summed E-state index contributed by atoms with van der Waals surface area (Å²) in [6.07, 6.45) is 2.89. The number of anilines is 1. The fourth-order valence-corrected chi connectivity index (χ4v) is 4.35. The van der Waals surface area contributed by atoms with Crippen LogP contribution in [0.1, 0.15) is 6.42 Å². The first-order valence-corrected chi connectivity index (χ1v) is 11.4. The number of carbonyl (C=O) groups excluding carboxylic acids is 1. The highest BCUT2D eigenvalue weighted by atomic mass is 35.5. The third-order valence-electron chi connectivity index (χ3n) is 4.57. The zero-order valence-electron chi connectivity index (χ0n) is 16.2. The van der Waals surface area contributed by atoms with Crippen LogP contribution in [0.2, 0.25) is 5.02 Å². The van der Waals surface area contributed by atoms with Crippen LogP contribution in [0.5, 0.6) is 0 Å². The van der Waals surface area contributed by atoms with E-state index >= 15 is 0 Å². The van der Waals surface area contributed by atoms with E-state index < -0.39 is 15.7 Å². The Morgan fingerprint density at radius 1 is 1.06 bits per heavy atom. The normalized spacial score (nSPS) is 11.4. The van der Waals surface area contributed by atoms with Gasteiger partial charge >= 0.3 is 0 Å². The number of hydrogen-bond acceptors (Lipinski definition) is 5. The standard InChI is InChI=1S/C22H18ClN3O4S/c23-17-6-8-19(9-7-17)31(28,29)13-11-22(27)24-21-14-20(16-10-12-30-15-16)25-26(21)18-4-2-1-3-5-18/h1-10,12,14-15H,11,13H2,(H,24,27). The summed E-state index contributed by atoms with van der Waals surface area (Å²) in [4.78, 5) is 12.7. The number of aromatic nitrogens is 2. The average molecular weight is 456 g/mol. The molecule has 0 aliphatic heterocycles. The van der Waals surface area contributed by atoms with Crippen LogP contribution >= 0.6 is 11.6 Å². The highest BCUT2D eigenvalue weighted by Crippen LogP contribution is 2.25. The number of sulfone groups is 1. The van der Waals surface area contributed by atoms with E-state index in [1.165, 1.54) is 30.5 Å². The Bertz CT molecular complexity index is 1280. The highest BCUT2D eigenvalue weighted by Gasteiger charge is 2.19. The lowest BCUT2D eigenvalue weighted by Gasteiger charge is -2.09. The molecular formula is C22H18ClN3O4S. The third kappa shape index (κ3) is 4.87. The highest BCUT2D eigenvalue weighted by molar-refractivity contribution is 7.91. The summed E-state index contributed by atoms with van der Waals surface area (Å²) >= 11 is 5.81. The van der Waals surface area contributed by atoms with Crippen LogP contribution in [0.25, 0.3) is 16.9 Å². The van der Waals surface area contributed by atoms with Crippen molar-refractivity contribution in [2.75, 3.05) is 11.1 Å². The molecular weight excluding hydrogens is 438 g/mol. The topological polar surface area (TPSA) is 94.2 Å². The van der Waals surface area contributed by atoms with Gasteiger partial charge < -0.3 is 9.73 Å². The number of hydrogen-bond donors (Lipinski definition) is 1. The van der Waals surface area contributed by atoms with E-state index in [4.69, 9.17) is 16.0 Å². The van der Waals surface area contributed by atoms with Gasteiger partial charge in [-0.3, -0.25) is 4.79 Å². The molecule has 0 unspecified atom stereocenters. The third-order valence-corrected chi connectivity index (χ3v) is 6.55. The van der Waals surface area contributed by atoms with Gasteiger partial charge in [-0.15, -0.1) is 0 Å². The molecule has 158 valence electrons. The summed E-state index contributed by atoms with van der Waals surface area (Å²) in [5.41, 5.74) is 2.12. The maximum absolute atomic E-state index is 12.6. The Hall–Kier alpha value is -3.36. The molecule has 9 heteroatoms. The van der Waals surface area contributed by atoms with Crippen molar-refractivity contribution in [1.29, 1.82) is 0 Å². The number of halogens is 1. The lowest BCUT2D eigenvalue weighted by Crippen LogP contribution is -2.19. The summed E-state index contributed by atoms with van der Waals surface area (Å²) in [5, 5.41) is 7.77. The maximum Gasteiger partial charge on any atom is 0.226 e. The van der Waals surface area contributed by atoms with Crippen LogP contribution in [-0.4, -0.2) is 29.9 Å². The van der Waals surface area contributed by atoms with Gasteiger partial charge in [0, 0.05) is 23.1 Å². The van der Waals surface area contributed by atoms with Crippen molar-refractivity contribution in [3.05, 3.63) is 84.3 Å². The van der Waals surface area contributed by atoms with Crippen LogP contribution < -0.4 is 5.32 Å². The van der Waals surface area contributed by atoms with E-state index in [2.05, 4.69) is 10.4 Å². The minimum atomic E-state index is -3.61. The molecule has 1 N–H and O–H groups in total. The second-order valence-electron chi connectivity index (χ2n) is 6.75. The first-order valence-electron chi connectivity index (χ1n) is 9.39. The largest absolute Gasteiger partial charge is 0.472 e. The minimum absolute atomic E-state index is 0.126. The van der Waals surface area contributed by atoms with E-state index in [0.29, 0.717) is 16.5 Å². The van der Waals surface area contributed by atoms with E-state index in [1.54, 1.807) is 23.1 Å². The molecule has 0 saturated carbocycles. The lowest BCUT2D eigenvalue weighted by molar-refractivity contribution is -0.115. The Morgan fingerprint density at radius 2 is 1.81 bits per heavy atom. The molecule has 0 bridgehead atoms. The summed E-state index contributed by atoms with van der Waals surface area (Å²) < 4.78 is 31.7. The number of carbonyl (C=O) groups is 1. The summed E-state index contributed by atoms with van der Waals surface area (Å²) in [5.74, 6) is -0.334. The quantitative estimate of drug-likeness (QED) is 0.440. The van der Waals surface area contributed by atoms with E-state index in [-0.39, 0.29) is 17.1 Å². The number of nitrogens with zero attached hydrogens (tertiary/aromatic N) is 2. The van der Waals surface area contributed by atoms with E-state index in [1.807, 2.05) is 30.3 Å². The minimum Gasteiger partial charge on any atom is -0.472 e. The first kappa shape index (κ1) is 20.9. The number of furan rings is 1. The van der Waals surface area contributed by atoms with Gasteiger partial charge in [-0.1, -0.05) is 29.8 Å². The van der Waals surface area contributed by atoms with Gasteiger partial charge in [-0.2, -0.15) is 5.10 Å². The number of nitrogens with one attached hydrogen (secondary N) is 1. The van der Waals surface area contributed by atoms with Crippen LogP contribution in [-0.2, 0) is 14.6 Å². The summed E-state index contributed by atoms with van der Waals surface area (Å²) in [6.45, 7) is 0. The van der Waals surface area contributed by atoms with E-state index in [0.717, 1.165) is 11.3 Å². The maximum atomic E-state index is 12.6. The second kappa shape index (κ2) is 8.79. The molecule has 0 atom stereocenters. The summed E-state index contributed by atoms with van der Waals surface area (Å²) in [7, 11) is -3.61. The molecule has 0 spiro atoms. The van der Waals surface area contributed by atoms with Crippen molar-refractivity contribution < 1.29 is 17.6 Å². The van der Waals surface area contributed by atoms with Crippen molar-refractivity contribution >= 4 is 33.2 Å². The monoisotopic (exact) mass is 455 g/mol. The number of amides is 1. The van der Waals surface area contributed by atoms with Gasteiger partial charge in [0.25, 0.3) is 0 Å². The smallest absolute Gasteiger partial charge is 0.226 e. The zero-order chi connectivity index (χ0) is 21.8. The van der Waals surface area contributed by atoms with Gasteiger partial charge in [0.15, 0.2) is 9.84 Å². The van der Waals surface area contributed by atoms with Gasteiger partial charge in [0.05, 0.1) is 34.6 Å². The molecule has 2 aromatic heterocycles. The van der Waals surface area contributed by atoms with Crippen LogP contribution in [0.15, 0.2) is 88.6 Å². The van der Waals surface area contributed by atoms with Crippen LogP contribution in [0, 0.1) is 0 Å². The first-order chi connectivity index (χ1) is 14.9. The molecule has 2 aromatic carbocycles. The van der Waals surface area contributed by atoms with Crippen LogP contribution in [0.4, 0.5) is 5.82 Å². The fourth-order valence-electron chi connectivity index (χ4n) is 2.98. The fraction of sp³-hybridized carbons (Fsp3) is 0.0909. The zero-order valence-corrected chi connectivity index (χ0v) is 17.8. The summed E-state index contributed by atoms with van der Waals surface area (Å²) in [6, 6.07) is 18.6. The van der Waals surface area contributed by atoms with Gasteiger partial charge in [0.1, 0.15) is 5.82 Å². The van der Waals surface area contributed by atoms with Crippen molar-refractivity contribution in [1.82, 2.24) is 9.78 Å². The molecule has 2 heterocycles. The SMILES string of the molecule is O=C(CCS(=O)(=O)c1ccc(Cl)cc1)Nc1cc(-c2ccoc2)nn1-c1ccccc1. The van der Waals surface area contributed by atoms with Crippen molar-refractivity contribution in [2.24, 2.45) is 0 Å². The Balaban J connectivity index is 1.53. The van der Waals surface area contributed by atoms with Gasteiger partial charge in [-0.25, -0.2) is 13.1 Å². The van der Waals surface area contributed by atoms with Crippen LogP contribution in [0.3, 0.4) is 0 Å². The predicted octanol–water partition coefficient (Wildman–Crippen LogP) is 4.59. The number of para-hydroxylation sites is 1. The molecule has 1 amide bonds. The molecule has 31 heavy (non-hydrogen) atoms. The van der Waals surface area contributed by atoms with E-state index in [9.17, 15) is 13.2 Å². The molecule has 0 aliphatic carbocycles. The average Bonchev–Trinajstić information content (AvgIpc) is 3.43. The molecule has 0 fully saturated rings. The molecule has 4 rings (SSSR count). The molecule has 7 nitrogen and oxygen atoms in total. The Kier molecular flexibility index (Phi) is 5.92. The molecule has 0 radical (unpaired) electrons.